The number of benzene rings is 2. The van der Waals surface area contributed by atoms with Gasteiger partial charge in [-0.15, -0.1) is 24.0 Å². The number of nitrogens with zero attached hydrogens (tertiary/aromatic N) is 1. The van der Waals surface area contributed by atoms with Crippen LogP contribution in [-0.2, 0) is 6.54 Å². The fourth-order valence-electron chi connectivity index (χ4n) is 2.42. The second-order valence-electron chi connectivity index (χ2n) is 5.73. The molecule has 7 nitrogen and oxygen atoms in total. The van der Waals surface area contributed by atoms with E-state index in [4.69, 9.17) is 24.7 Å². The first-order valence-corrected chi connectivity index (χ1v) is 8.70. The molecule has 2 rings (SSSR count). The largest absolute Gasteiger partial charge is 0.493 e. The predicted octanol–water partition coefficient (Wildman–Crippen LogP) is 4.05. The summed E-state index contributed by atoms with van der Waals surface area (Å²) in [6, 6.07) is 11.2. The molecular formula is C20H28IN3O4. The molecule has 0 saturated carbocycles. The van der Waals surface area contributed by atoms with Gasteiger partial charge >= 0.3 is 0 Å². The zero-order chi connectivity index (χ0) is 19.6. The van der Waals surface area contributed by atoms with Gasteiger partial charge in [0.25, 0.3) is 0 Å². The smallest absolute Gasteiger partial charge is 0.193 e. The maximum Gasteiger partial charge on any atom is 0.193 e. The molecule has 3 N–H and O–H groups in total. The summed E-state index contributed by atoms with van der Waals surface area (Å²) < 4.78 is 21.5. The maximum absolute atomic E-state index is 5.99. The van der Waals surface area contributed by atoms with Crippen LogP contribution in [0.4, 0.5) is 5.69 Å². The molecule has 2 aromatic carbocycles. The third-order valence-electron chi connectivity index (χ3n) is 3.78. The third kappa shape index (κ3) is 6.66. The van der Waals surface area contributed by atoms with E-state index in [1.165, 1.54) is 0 Å². The highest BCUT2D eigenvalue weighted by Gasteiger charge is 2.07. The van der Waals surface area contributed by atoms with E-state index < -0.39 is 0 Å². The van der Waals surface area contributed by atoms with E-state index in [0.29, 0.717) is 36.4 Å². The molecule has 0 amide bonds. The summed E-state index contributed by atoms with van der Waals surface area (Å²) in [5.41, 5.74) is 7.72. The van der Waals surface area contributed by atoms with E-state index in [1.807, 2.05) is 24.3 Å². The van der Waals surface area contributed by atoms with Crippen LogP contribution in [0.15, 0.2) is 41.4 Å². The predicted molar refractivity (Wildman–Crippen MR) is 123 cm³/mol. The van der Waals surface area contributed by atoms with E-state index in [1.54, 1.807) is 33.5 Å². The van der Waals surface area contributed by atoms with E-state index in [0.717, 1.165) is 23.4 Å². The Morgan fingerprint density at radius 3 is 2.21 bits per heavy atom. The molecule has 0 aromatic heterocycles. The van der Waals surface area contributed by atoms with Crippen molar-refractivity contribution in [2.24, 2.45) is 10.7 Å². The molecule has 0 fully saturated rings. The lowest BCUT2D eigenvalue weighted by Gasteiger charge is -2.12. The summed E-state index contributed by atoms with van der Waals surface area (Å²) in [6.07, 6.45) is 0.938. The minimum absolute atomic E-state index is 0. The van der Waals surface area contributed by atoms with E-state index >= 15 is 0 Å². The van der Waals surface area contributed by atoms with Gasteiger partial charge in [-0.05, 0) is 36.2 Å². The molecule has 0 heterocycles. The average molecular weight is 501 g/mol. The van der Waals surface area contributed by atoms with Crippen LogP contribution >= 0.6 is 24.0 Å². The van der Waals surface area contributed by atoms with Crippen LogP contribution in [0.25, 0.3) is 0 Å². The Bertz CT molecular complexity index is 784. The highest BCUT2D eigenvalue weighted by Crippen LogP contribution is 2.30. The Morgan fingerprint density at radius 1 is 0.929 bits per heavy atom. The van der Waals surface area contributed by atoms with Crippen molar-refractivity contribution in [1.29, 1.82) is 0 Å². The lowest BCUT2D eigenvalue weighted by molar-refractivity contribution is 0.294. The number of aliphatic imine (C=N–C) groups is 1. The molecule has 28 heavy (non-hydrogen) atoms. The van der Waals surface area contributed by atoms with Gasteiger partial charge in [-0.2, -0.15) is 0 Å². The second kappa shape index (κ2) is 12.2. The van der Waals surface area contributed by atoms with Gasteiger partial charge in [0.1, 0.15) is 0 Å². The summed E-state index contributed by atoms with van der Waals surface area (Å²) in [7, 11) is 4.79. The molecule has 0 unspecified atom stereocenters. The van der Waals surface area contributed by atoms with Crippen LogP contribution < -0.4 is 30.0 Å². The molecule has 2 aromatic rings. The summed E-state index contributed by atoms with van der Waals surface area (Å²) >= 11 is 0. The zero-order valence-electron chi connectivity index (χ0n) is 16.7. The third-order valence-corrected chi connectivity index (χ3v) is 3.78. The number of nitrogens with two attached hydrogens (primary N) is 1. The Labute approximate surface area is 183 Å². The van der Waals surface area contributed by atoms with Crippen molar-refractivity contribution in [2.45, 2.75) is 19.9 Å². The van der Waals surface area contributed by atoms with Crippen LogP contribution in [0.3, 0.4) is 0 Å². The Balaban J connectivity index is 0.00000392. The molecular weight excluding hydrogens is 473 g/mol. The molecule has 0 radical (unpaired) electrons. The van der Waals surface area contributed by atoms with Crippen molar-refractivity contribution in [3.05, 3.63) is 42.0 Å². The fraction of sp³-hybridized carbons (Fsp3) is 0.350. The van der Waals surface area contributed by atoms with Gasteiger partial charge in [-0.3, -0.25) is 0 Å². The molecule has 0 spiro atoms. The normalized spacial score (nSPS) is 10.6. The standard InChI is InChI=1S/C20H27N3O4.HI/c1-5-10-27-17-8-6-14(11-18(17)25-3)13-22-20(21)23-15-7-9-16(24-2)19(12-15)26-4;/h6-9,11-12H,5,10,13H2,1-4H3,(H3,21,22,23);1H. The SMILES string of the molecule is CCCOc1ccc(CN=C(N)Nc2ccc(OC)c(OC)c2)cc1OC.I. The molecule has 0 aliphatic carbocycles. The van der Waals surface area contributed by atoms with E-state index in [9.17, 15) is 0 Å². The van der Waals surface area contributed by atoms with Crippen LogP contribution in [0.2, 0.25) is 0 Å². The van der Waals surface area contributed by atoms with Crippen molar-refractivity contribution < 1.29 is 18.9 Å². The molecule has 0 aliphatic heterocycles. The first-order valence-electron chi connectivity index (χ1n) is 8.70. The number of ether oxygens (including phenoxy) is 4. The van der Waals surface area contributed by atoms with Crippen molar-refractivity contribution in [2.75, 3.05) is 33.3 Å². The van der Waals surface area contributed by atoms with Crippen LogP contribution in [0, 0.1) is 0 Å². The number of halogens is 1. The maximum atomic E-state index is 5.99. The quantitative estimate of drug-likeness (QED) is 0.307. The van der Waals surface area contributed by atoms with Gasteiger partial charge in [0.15, 0.2) is 29.0 Å². The monoisotopic (exact) mass is 501 g/mol. The van der Waals surface area contributed by atoms with Crippen molar-refractivity contribution in [1.82, 2.24) is 0 Å². The minimum Gasteiger partial charge on any atom is -0.493 e. The molecule has 0 aliphatic rings. The number of anilines is 1. The summed E-state index contributed by atoms with van der Waals surface area (Å²) in [6.45, 7) is 3.12. The molecule has 154 valence electrons. The Hall–Kier alpha value is -2.36. The number of methoxy groups -OCH3 is 3. The van der Waals surface area contributed by atoms with Crippen LogP contribution in [-0.4, -0.2) is 33.9 Å². The number of nitrogens with one attached hydrogen (secondary N) is 1. The van der Waals surface area contributed by atoms with E-state index in [-0.39, 0.29) is 24.0 Å². The van der Waals surface area contributed by atoms with Gasteiger partial charge < -0.3 is 30.0 Å². The molecule has 0 saturated heterocycles. The van der Waals surface area contributed by atoms with E-state index in [2.05, 4.69) is 17.2 Å². The Kier molecular flexibility index (Phi) is 10.3. The number of guanidine groups is 1. The number of rotatable bonds is 9. The van der Waals surface area contributed by atoms with Crippen molar-refractivity contribution >= 4 is 35.6 Å². The van der Waals surface area contributed by atoms with Gasteiger partial charge in [0.05, 0.1) is 34.5 Å². The van der Waals surface area contributed by atoms with Gasteiger partial charge in [-0.1, -0.05) is 13.0 Å². The summed E-state index contributed by atoms with van der Waals surface area (Å²) in [5, 5.41) is 3.04. The highest BCUT2D eigenvalue weighted by molar-refractivity contribution is 14.0. The molecule has 8 heteroatoms. The van der Waals surface area contributed by atoms with Gasteiger partial charge in [0, 0.05) is 11.8 Å². The number of hydrogen-bond acceptors (Lipinski definition) is 5. The molecule has 0 atom stereocenters. The summed E-state index contributed by atoms with van der Waals surface area (Å²) in [4.78, 5) is 4.37. The number of hydrogen-bond donors (Lipinski definition) is 2. The van der Waals surface area contributed by atoms with Gasteiger partial charge in [0.2, 0.25) is 0 Å². The minimum atomic E-state index is 0. The van der Waals surface area contributed by atoms with Crippen LogP contribution in [0.5, 0.6) is 23.0 Å². The summed E-state index contributed by atoms with van der Waals surface area (Å²) in [5.74, 6) is 2.97. The van der Waals surface area contributed by atoms with Crippen molar-refractivity contribution in [3.63, 3.8) is 0 Å². The lowest BCUT2D eigenvalue weighted by Crippen LogP contribution is -2.22. The second-order valence-corrected chi connectivity index (χ2v) is 5.73. The average Bonchev–Trinajstić information content (AvgIpc) is 2.70. The van der Waals surface area contributed by atoms with Crippen molar-refractivity contribution in [3.8, 4) is 23.0 Å². The first-order chi connectivity index (χ1) is 13.1. The van der Waals surface area contributed by atoms with Gasteiger partial charge in [-0.25, -0.2) is 4.99 Å². The topological polar surface area (TPSA) is 87.3 Å². The zero-order valence-corrected chi connectivity index (χ0v) is 19.0. The van der Waals surface area contributed by atoms with Crippen LogP contribution in [0.1, 0.15) is 18.9 Å². The highest BCUT2D eigenvalue weighted by atomic mass is 127. The lowest BCUT2D eigenvalue weighted by atomic mass is 10.2. The first kappa shape index (κ1) is 23.7. The molecule has 0 bridgehead atoms. The fourth-order valence-corrected chi connectivity index (χ4v) is 2.42. The Morgan fingerprint density at radius 2 is 1.57 bits per heavy atom.